The second-order valence-electron chi connectivity index (χ2n) is 3.71. The van der Waals surface area contributed by atoms with E-state index in [0.29, 0.717) is 0 Å². The van der Waals surface area contributed by atoms with E-state index >= 15 is 0 Å². The first-order valence-corrected chi connectivity index (χ1v) is 6.39. The predicted molar refractivity (Wildman–Crippen MR) is 72.0 cm³/mol. The summed E-state index contributed by atoms with van der Waals surface area (Å²) in [6.45, 7) is 11.8. The Labute approximate surface area is 99.2 Å². The Kier molecular flexibility index (Phi) is 8.62. The van der Waals surface area contributed by atoms with Gasteiger partial charge in [0.2, 0.25) is 0 Å². The fourth-order valence-electron chi connectivity index (χ4n) is 1.11. The molecule has 2 nitrogen and oxygen atoms in total. The van der Waals surface area contributed by atoms with Crippen LogP contribution in [0.25, 0.3) is 0 Å². The Morgan fingerprint density at radius 3 is 2.60 bits per heavy atom. The van der Waals surface area contributed by atoms with Crippen molar-refractivity contribution in [3.63, 3.8) is 0 Å². The van der Waals surface area contributed by atoms with Crippen molar-refractivity contribution in [3.8, 4) is 0 Å². The first kappa shape index (κ1) is 14.6. The lowest BCUT2D eigenvalue weighted by Crippen LogP contribution is -2.25. The molecule has 0 aliphatic heterocycles. The van der Waals surface area contributed by atoms with E-state index in [1.54, 1.807) is 0 Å². The molecule has 0 rings (SSSR count). The van der Waals surface area contributed by atoms with Crippen molar-refractivity contribution in [2.75, 3.05) is 32.9 Å². The zero-order chi connectivity index (χ0) is 11.7. The number of likely N-dealkylation sites (N-methyl/N-ethyl adjacent to an activating group) is 2. The normalized spacial score (nSPS) is 10.4. The van der Waals surface area contributed by atoms with E-state index in [-0.39, 0.29) is 0 Å². The van der Waals surface area contributed by atoms with Crippen LogP contribution in [0.2, 0.25) is 0 Å². The lowest BCUT2D eigenvalue weighted by atomic mass is 10.4. The maximum Gasteiger partial charge on any atom is 0.0481 e. The molecule has 0 aliphatic carbocycles. The topological polar surface area (TPSA) is 6.48 Å². The largest absolute Gasteiger partial charge is 0.374 e. The average molecular weight is 228 g/mol. The summed E-state index contributed by atoms with van der Waals surface area (Å²) < 4.78 is 2.25. The summed E-state index contributed by atoms with van der Waals surface area (Å²) in [4.78, 5) is 2.13. The molecule has 15 heavy (non-hydrogen) atoms. The Morgan fingerprint density at radius 2 is 2.07 bits per heavy atom. The van der Waals surface area contributed by atoms with Crippen molar-refractivity contribution in [1.29, 1.82) is 0 Å². The maximum absolute atomic E-state index is 4.06. The predicted octanol–water partition coefficient (Wildman–Crippen LogP) is 3.00. The first-order valence-electron chi connectivity index (χ1n) is 5.45. The van der Waals surface area contributed by atoms with Gasteiger partial charge in [-0.1, -0.05) is 37.9 Å². The standard InChI is InChI=1S/C12H24N2S/c1-6-8-10-15-14(5)11-12(3)13(4)9-7-2/h7H,2-3,6,8-11H2,1,4-5H3. The summed E-state index contributed by atoms with van der Waals surface area (Å²) in [5.41, 5.74) is 1.14. The van der Waals surface area contributed by atoms with Crippen molar-refractivity contribution < 1.29 is 0 Å². The van der Waals surface area contributed by atoms with Gasteiger partial charge in [-0.2, -0.15) is 0 Å². The average Bonchev–Trinajstić information content (AvgIpc) is 2.18. The summed E-state index contributed by atoms with van der Waals surface area (Å²) in [5, 5.41) is 0. The SMILES string of the molecule is C=CCN(C)C(=C)CN(C)SCCCC. The molecule has 0 bridgehead atoms. The van der Waals surface area contributed by atoms with Gasteiger partial charge in [0.25, 0.3) is 0 Å². The quantitative estimate of drug-likeness (QED) is 0.340. The van der Waals surface area contributed by atoms with Crippen LogP contribution in [0.15, 0.2) is 24.9 Å². The fraction of sp³-hybridized carbons (Fsp3) is 0.667. The van der Waals surface area contributed by atoms with Gasteiger partial charge in [-0.3, -0.25) is 0 Å². The summed E-state index contributed by atoms with van der Waals surface area (Å²) in [6, 6.07) is 0. The van der Waals surface area contributed by atoms with Gasteiger partial charge in [0, 0.05) is 31.6 Å². The van der Waals surface area contributed by atoms with E-state index in [1.807, 2.05) is 18.0 Å². The van der Waals surface area contributed by atoms with Crippen LogP contribution in [0, 0.1) is 0 Å². The Morgan fingerprint density at radius 1 is 1.40 bits per heavy atom. The molecule has 88 valence electrons. The van der Waals surface area contributed by atoms with Crippen LogP contribution in [0.5, 0.6) is 0 Å². The highest BCUT2D eigenvalue weighted by atomic mass is 32.2. The number of hydrogen-bond donors (Lipinski definition) is 0. The van der Waals surface area contributed by atoms with Gasteiger partial charge < -0.3 is 4.90 Å². The van der Waals surface area contributed by atoms with Crippen LogP contribution in [0.3, 0.4) is 0 Å². The van der Waals surface area contributed by atoms with Crippen LogP contribution >= 0.6 is 11.9 Å². The lowest BCUT2D eigenvalue weighted by molar-refractivity contribution is 0.422. The monoisotopic (exact) mass is 228 g/mol. The van der Waals surface area contributed by atoms with Crippen LogP contribution < -0.4 is 0 Å². The van der Waals surface area contributed by atoms with E-state index in [0.717, 1.165) is 18.8 Å². The van der Waals surface area contributed by atoms with Crippen LogP contribution in [-0.4, -0.2) is 42.1 Å². The third-order valence-corrected chi connectivity index (χ3v) is 3.20. The highest BCUT2D eigenvalue weighted by Crippen LogP contribution is 2.12. The van der Waals surface area contributed by atoms with E-state index < -0.39 is 0 Å². The molecular formula is C12H24N2S. The van der Waals surface area contributed by atoms with Gasteiger partial charge >= 0.3 is 0 Å². The minimum Gasteiger partial charge on any atom is -0.374 e. The van der Waals surface area contributed by atoms with E-state index in [1.165, 1.54) is 18.6 Å². The molecule has 0 unspecified atom stereocenters. The van der Waals surface area contributed by atoms with Crippen LogP contribution in [0.4, 0.5) is 0 Å². The zero-order valence-electron chi connectivity index (χ0n) is 10.3. The molecule has 0 aromatic carbocycles. The molecular weight excluding hydrogens is 204 g/mol. The van der Waals surface area contributed by atoms with E-state index in [2.05, 4.69) is 43.4 Å². The Balaban J connectivity index is 3.69. The van der Waals surface area contributed by atoms with Gasteiger partial charge in [0.15, 0.2) is 0 Å². The molecule has 0 saturated heterocycles. The van der Waals surface area contributed by atoms with Crippen LogP contribution in [-0.2, 0) is 0 Å². The molecule has 0 N–H and O–H groups in total. The van der Waals surface area contributed by atoms with Gasteiger partial charge in [-0.15, -0.1) is 6.58 Å². The van der Waals surface area contributed by atoms with Crippen molar-refractivity contribution >= 4 is 11.9 Å². The molecule has 0 fully saturated rings. The molecule has 0 aromatic rings. The fourth-order valence-corrected chi connectivity index (χ4v) is 2.08. The summed E-state index contributed by atoms with van der Waals surface area (Å²) in [7, 11) is 4.17. The summed E-state index contributed by atoms with van der Waals surface area (Å²) in [6.07, 6.45) is 4.44. The molecule has 0 spiro atoms. The molecule has 0 aliphatic rings. The molecule has 0 aromatic heterocycles. The van der Waals surface area contributed by atoms with Gasteiger partial charge in [-0.25, -0.2) is 4.31 Å². The molecule has 0 heterocycles. The van der Waals surface area contributed by atoms with Gasteiger partial charge in [0.1, 0.15) is 0 Å². The Hall–Kier alpha value is -0.410. The molecule has 0 atom stereocenters. The van der Waals surface area contributed by atoms with Crippen molar-refractivity contribution in [3.05, 3.63) is 24.9 Å². The van der Waals surface area contributed by atoms with Crippen molar-refractivity contribution in [2.24, 2.45) is 0 Å². The number of nitrogens with zero attached hydrogens (tertiary/aromatic N) is 2. The highest BCUT2D eigenvalue weighted by molar-refractivity contribution is 7.96. The van der Waals surface area contributed by atoms with E-state index in [9.17, 15) is 0 Å². The zero-order valence-corrected chi connectivity index (χ0v) is 11.1. The molecule has 0 saturated carbocycles. The number of unbranched alkanes of at least 4 members (excludes halogenated alkanes) is 1. The second-order valence-corrected chi connectivity index (χ2v) is 5.00. The van der Waals surface area contributed by atoms with Crippen LogP contribution in [0.1, 0.15) is 19.8 Å². The lowest BCUT2D eigenvalue weighted by Gasteiger charge is -2.24. The Bertz CT molecular complexity index is 192. The number of hydrogen-bond acceptors (Lipinski definition) is 3. The van der Waals surface area contributed by atoms with Crippen molar-refractivity contribution in [1.82, 2.24) is 9.21 Å². The third-order valence-electron chi connectivity index (χ3n) is 2.16. The molecule has 0 amide bonds. The molecule has 0 radical (unpaired) electrons. The third kappa shape index (κ3) is 7.51. The smallest absolute Gasteiger partial charge is 0.0481 e. The minimum absolute atomic E-state index is 0.867. The molecule has 3 heteroatoms. The number of rotatable bonds is 9. The first-order chi connectivity index (χ1) is 7.11. The summed E-state index contributed by atoms with van der Waals surface area (Å²) in [5.74, 6) is 1.20. The van der Waals surface area contributed by atoms with Crippen molar-refractivity contribution in [2.45, 2.75) is 19.8 Å². The summed E-state index contributed by atoms with van der Waals surface area (Å²) >= 11 is 1.88. The maximum atomic E-state index is 4.06. The van der Waals surface area contributed by atoms with Gasteiger partial charge in [-0.05, 0) is 13.5 Å². The van der Waals surface area contributed by atoms with Gasteiger partial charge in [0.05, 0.1) is 0 Å². The highest BCUT2D eigenvalue weighted by Gasteiger charge is 2.04. The second kappa shape index (κ2) is 8.86. The minimum atomic E-state index is 0.867. The van der Waals surface area contributed by atoms with E-state index in [4.69, 9.17) is 0 Å².